The Morgan fingerprint density at radius 3 is 2.55 bits per heavy atom. The molecule has 2 N–H and O–H groups in total. The average Bonchev–Trinajstić information content (AvgIpc) is 2.81. The van der Waals surface area contributed by atoms with Crippen molar-refractivity contribution in [3.05, 3.63) is 52.9 Å². The molecule has 0 aliphatic heterocycles. The van der Waals surface area contributed by atoms with Crippen LogP contribution in [0.5, 0.6) is 0 Å². The number of amides is 1. The first-order chi connectivity index (χ1) is 9.50. The van der Waals surface area contributed by atoms with E-state index in [9.17, 15) is 9.59 Å². The highest BCUT2D eigenvalue weighted by atomic mass is 16.5. The Kier molecular flexibility index (Phi) is 3.84. The van der Waals surface area contributed by atoms with Crippen LogP contribution in [0.1, 0.15) is 45.1 Å². The molecule has 0 aliphatic carbocycles. The number of hydrogen-bond acceptors (Lipinski definition) is 4. The SMILES string of the molecule is Cc1noc(C(C)NC(=O)c2ccccc2)c1C(=O)O. The maximum absolute atomic E-state index is 12.0. The van der Waals surface area contributed by atoms with Crippen molar-refractivity contribution in [3.63, 3.8) is 0 Å². The second-order valence-electron chi connectivity index (χ2n) is 4.37. The maximum atomic E-state index is 12.0. The van der Waals surface area contributed by atoms with Crippen molar-refractivity contribution in [1.82, 2.24) is 10.5 Å². The van der Waals surface area contributed by atoms with E-state index >= 15 is 0 Å². The quantitative estimate of drug-likeness (QED) is 0.891. The summed E-state index contributed by atoms with van der Waals surface area (Å²) < 4.78 is 5.01. The molecule has 104 valence electrons. The van der Waals surface area contributed by atoms with Gasteiger partial charge >= 0.3 is 5.97 Å². The highest BCUT2D eigenvalue weighted by molar-refractivity contribution is 5.95. The fraction of sp³-hybridized carbons (Fsp3) is 0.214. The topological polar surface area (TPSA) is 92.4 Å². The number of aromatic carboxylic acids is 1. The number of carboxylic acids is 1. The minimum Gasteiger partial charge on any atom is -0.477 e. The van der Waals surface area contributed by atoms with E-state index in [0.717, 1.165) is 0 Å². The smallest absolute Gasteiger partial charge is 0.341 e. The summed E-state index contributed by atoms with van der Waals surface area (Å²) in [6.07, 6.45) is 0. The zero-order chi connectivity index (χ0) is 14.7. The van der Waals surface area contributed by atoms with E-state index in [1.807, 2.05) is 6.07 Å². The number of carbonyl (C=O) groups excluding carboxylic acids is 1. The Morgan fingerprint density at radius 1 is 1.30 bits per heavy atom. The van der Waals surface area contributed by atoms with E-state index in [0.29, 0.717) is 5.56 Å². The molecule has 20 heavy (non-hydrogen) atoms. The van der Waals surface area contributed by atoms with Crippen molar-refractivity contribution in [1.29, 1.82) is 0 Å². The Morgan fingerprint density at radius 2 is 1.95 bits per heavy atom. The Hall–Kier alpha value is -2.63. The second kappa shape index (κ2) is 5.56. The van der Waals surface area contributed by atoms with Crippen LogP contribution in [0.4, 0.5) is 0 Å². The van der Waals surface area contributed by atoms with Crippen LogP contribution in [-0.2, 0) is 0 Å². The van der Waals surface area contributed by atoms with Gasteiger partial charge in [-0.2, -0.15) is 0 Å². The molecule has 1 amide bonds. The molecule has 0 spiro atoms. The van der Waals surface area contributed by atoms with Crippen molar-refractivity contribution in [3.8, 4) is 0 Å². The summed E-state index contributed by atoms with van der Waals surface area (Å²) in [5, 5.41) is 15.4. The highest BCUT2D eigenvalue weighted by Gasteiger charge is 2.25. The van der Waals surface area contributed by atoms with Gasteiger partial charge in [0.15, 0.2) is 5.76 Å². The van der Waals surface area contributed by atoms with Crippen molar-refractivity contribution in [2.45, 2.75) is 19.9 Å². The summed E-state index contributed by atoms with van der Waals surface area (Å²) in [7, 11) is 0. The molecule has 1 aromatic carbocycles. The fourth-order valence-electron chi connectivity index (χ4n) is 1.88. The van der Waals surface area contributed by atoms with Gasteiger partial charge in [0.05, 0.1) is 11.7 Å². The second-order valence-corrected chi connectivity index (χ2v) is 4.37. The van der Waals surface area contributed by atoms with E-state index in [4.69, 9.17) is 9.63 Å². The maximum Gasteiger partial charge on any atom is 0.341 e. The van der Waals surface area contributed by atoms with Crippen LogP contribution in [0.2, 0.25) is 0 Å². The number of aryl methyl sites for hydroxylation is 1. The van der Waals surface area contributed by atoms with Gasteiger partial charge < -0.3 is 14.9 Å². The van der Waals surface area contributed by atoms with E-state index in [2.05, 4.69) is 10.5 Å². The first-order valence-electron chi connectivity index (χ1n) is 6.06. The predicted octanol–water partition coefficient (Wildman–Crippen LogP) is 2.17. The molecule has 0 saturated heterocycles. The molecular formula is C14H14N2O4. The number of nitrogens with zero attached hydrogens (tertiary/aromatic N) is 1. The zero-order valence-electron chi connectivity index (χ0n) is 11.1. The van der Waals surface area contributed by atoms with E-state index < -0.39 is 12.0 Å². The fourth-order valence-corrected chi connectivity index (χ4v) is 1.88. The summed E-state index contributed by atoms with van der Waals surface area (Å²) in [5.41, 5.74) is 0.770. The Labute approximate surface area is 115 Å². The van der Waals surface area contributed by atoms with Crippen LogP contribution < -0.4 is 5.32 Å². The number of nitrogens with one attached hydrogen (secondary N) is 1. The third kappa shape index (κ3) is 2.69. The van der Waals surface area contributed by atoms with E-state index in [-0.39, 0.29) is 22.9 Å². The molecule has 2 rings (SSSR count). The summed E-state index contributed by atoms with van der Waals surface area (Å²) in [6.45, 7) is 3.19. The Balaban J connectivity index is 2.19. The average molecular weight is 274 g/mol. The zero-order valence-corrected chi connectivity index (χ0v) is 11.1. The molecule has 1 atom stereocenters. The molecular weight excluding hydrogens is 260 g/mol. The standard InChI is InChI=1S/C14H14N2O4/c1-8-11(14(18)19)12(20-16-8)9(2)15-13(17)10-6-4-3-5-7-10/h3-7,9H,1-2H3,(H,15,17)(H,18,19). The van der Waals surface area contributed by atoms with Crippen LogP contribution in [0.15, 0.2) is 34.9 Å². The van der Waals surface area contributed by atoms with Gasteiger partial charge in [-0.1, -0.05) is 23.4 Å². The van der Waals surface area contributed by atoms with Crippen LogP contribution in [0, 0.1) is 6.92 Å². The van der Waals surface area contributed by atoms with Crippen molar-refractivity contribution in [2.24, 2.45) is 0 Å². The normalized spacial score (nSPS) is 11.9. The number of benzene rings is 1. The monoisotopic (exact) mass is 274 g/mol. The lowest BCUT2D eigenvalue weighted by Crippen LogP contribution is -2.27. The van der Waals surface area contributed by atoms with Gasteiger partial charge in [-0.25, -0.2) is 4.79 Å². The van der Waals surface area contributed by atoms with Crippen LogP contribution in [0.3, 0.4) is 0 Å². The number of rotatable bonds is 4. The summed E-state index contributed by atoms with van der Waals surface area (Å²) >= 11 is 0. The van der Waals surface area contributed by atoms with Crippen molar-refractivity contribution >= 4 is 11.9 Å². The van der Waals surface area contributed by atoms with Gasteiger partial charge in [0.2, 0.25) is 0 Å². The van der Waals surface area contributed by atoms with Gasteiger partial charge in [0.25, 0.3) is 5.91 Å². The van der Waals surface area contributed by atoms with E-state index in [1.54, 1.807) is 38.1 Å². The largest absolute Gasteiger partial charge is 0.477 e. The van der Waals surface area contributed by atoms with Crippen molar-refractivity contribution < 1.29 is 19.2 Å². The number of carbonyl (C=O) groups is 2. The number of hydrogen-bond donors (Lipinski definition) is 2. The first-order valence-corrected chi connectivity index (χ1v) is 6.06. The van der Waals surface area contributed by atoms with Crippen LogP contribution >= 0.6 is 0 Å². The summed E-state index contributed by atoms with van der Waals surface area (Å²) in [5.74, 6) is -1.29. The summed E-state index contributed by atoms with van der Waals surface area (Å²) in [6, 6.07) is 8.07. The molecule has 1 heterocycles. The van der Waals surface area contributed by atoms with E-state index in [1.165, 1.54) is 0 Å². The minimum atomic E-state index is -1.13. The van der Waals surface area contributed by atoms with Gasteiger partial charge in [0.1, 0.15) is 5.56 Å². The molecule has 0 aliphatic rings. The third-order valence-corrected chi connectivity index (χ3v) is 2.88. The minimum absolute atomic E-state index is 0.00846. The van der Waals surface area contributed by atoms with Gasteiger partial charge in [-0.15, -0.1) is 0 Å². The molecule has 6 heteroatoms. The molecule has 0 radical (unpaired) electrons. The van der Waals surface area contributed by atoms with Crippen LogP contribution in [-0.4, -0.2) is 22.1 Å². The first kappa shape index (κ1) is 13.8. The van der Waals surface area contributed by atoms with Crippen LogP contribution in [0.25, 0.3) is 0 Å². The molecule has 6 nitrogen and oxygen atoms in total. The lowest BCUT2D eigenvalue weighted by atomic mass is 10.1. The lowest BCUT2D eigenvalue weighted by molar-refractivity contribution is 0.0690. The summed E-state index contributed by atoms with van der Waals surface area (Å²) in [4.78, 5) is 23.1. The highest BCUT2D eigenvalue weighted by Crippen LogP contribution is 2.21. The molecule has 2 aromatic rings. The number of carboxylic acid groups (broad SMARTS) is 1. The molecule has 0 bridgehead atoms. The predicted molar refractivity (Wildman–Crippen MR) is 70.5 cm³/mol. The van der Waals surface area contributed by atoms with Gasteiger partial charge in [-0.3, -0.25) is 4.79 Å². The van der Waals surface area contributed by atoms with Gasteiger partial charge in [0, 0.05) is 5.56 Å². The molecule has 0 saturated carbocycles. The molecule has 1 unspecified atom stereocenters. The number of aromatic nitrogens is 1. The Bertz CT molecular complexity index is 634. The molecule has 0 fully saturated rings. The lowest BCUT2D eigenvalue weighted by Gasteiger charge is -2.11. The third-order valence-electron chi connectivity index (χ3n) is 2.88. The molecule has 1 aromatic heterocycles. The van der Waals surface area contributed by atoms with Crippen molar-refractivity contribution in [2.75, 3.05) is 0 Å². The van der Waals surface area contributed by atoms with Gasteiger partial charge in [-0.05, 0) is 26.0 Å².